The molecular weight excluding hydrogens is 232 g/mol. The highest BCUT2D eigenvalue weighted by Crippen LogP contribution is 2.31. The van der Waals surface area contributed by atoms with Gasteiger partial charge in [-0.25, -0.2) is 0 Å². The van der Waals surface area contributed by atoms with Gasteiger partial charge < -0.3 is 5.11 Å². The predicted octanol–water partition coefficient (Wildman–Crippen LogP) is 5.03. The van der Waals surface area contributed by atoms with Crippen LogP contribution in [-0.4, -0.2) is 5.11 Å². The van der Waals surface area contributed by atoms with Crippen molar-refractivity contribution in [2.75, 3.05) is 0 Å². The molecule has 0 amide bonds. The molecule has 1 nitrogen and oxygen atoms in total. The minimum Gasteiger partial charge on any atom is -0.388 e. The molecular formula is C18H28O. The summed E-state index contributed by atoms with van der Waals surface area (Å²) in [5.74, 6) is 0.729. The van der Waals surface area contributed by atoms with E-state index >= 15 is 0 Å². The average Bonchev–Trinajstić information content (AvgIpc) is 2.68. The lowest BCUT2D eigenvalue weighted by Crippen LogP contribution is -2.07. The first-order chi connectivity index (χ1) is 9.29. The Labute approximate surface area is 118 Å². The van der Waals surface area contributed by atoms with E-state index in [4.69, 9.17) is 0 Å². The fourth-order valence-corrected chi connectivity index (χ4v) is 3.30. The molecule has 1 aromatic carbocycles. The van der Waals surface area contributed by atoms with Crippen LogP contribution in [0.5, 0.6) is 0 Å². The van der Waals surface area contributed by atoms with E-state index < -0.39 is 0 Å². The van der Waals surface area contributed by atoms with Crippen LogP contribution in [0, 0.1) is 5.92 Å². The van der Waals surface area contributed by atoms with Crippen LogP contribution < -0.4 is 0 Å². The third kappa shape index (κ3) is 4.65. The van der Waals surface area contributed by atoms with Gasteiger partial charge in [0.25, 0.3) is 0 Å². The Bertz CT molecular complexity index is 364. The zero-order chi connectivity index (χ0) is 13.5. The van der Waals surface area contributed by atoms with E-state index in [1.165, 1.54) is 50.5 Å². The number of hydrogen-bond donors (Lipinski definition) is 1. The van der Waals surface area contributed by atoms with Gasteiger partial charge in [-0.3, -0.25) is 0 Å². The Morgan fingerprint density at radius 2 is 1.89 bits per heavy atom. The minimum atomic E-state index is -0.264. The van der Waals surface area contributed by atoms with E-state index in [9.17, 15) is 5.11 Å². The summed E-state index contributed by atoms with van der Waals surface area (Å²) in [6, 6.07) is 8.55. The van der Waals surface area contributed by atoms with Crippen molar-refractivity contribution in [2.45, 2.75) is 70.8 Å². The van der Waals surface area contributed by atoms with Gasteiger partial charge in [-0.2, -0.15) is 0 Å². The van der Waals surface area contributed by atoms with Gasteiger partial charge in [0.2, 0.25) is 0 Å². The third-order valence-electron chi connectivity index (χ3n) is 4.41. The normalized spacial score (nSPS) is 19.1. The Morgan fingerprint density at radius 1 is 1.16 bits per heavy atom. The van der Waals surface area contributed by atoms with Crippen molar-refractivity contribution in [1.82, 2.24) is 0 Å². The van der Waals surface area contributed by atoms with Crippen LogP contribution in [-0.2, 0) is 6.42 Å². The van der Waals surface area contributed by atoms with Gasteiger partial charge in [-0.05, 0) is 29.9 Å². The SMILES string of the molecule is CCCc1cccc(C(O)CC2CCCCCC2)c1. The Hall–Kier alpha value is -0.820. The van der Waals surface area contributed by atoms with Crippen LogP contribution in [0.3, 0.4) is 0 Å². The van der Waals surface area contributed by atoms with Crippen LogP contribution >= 0.6 is 0 Å². The van der Waals surface area contributed by atoms with Crippen molar-refractivity contribution < 1.29 is 5.11 Å². The molecule has 1 aromatic rings. The van der Waals surface area contributed by atoms with Gasteiger partial charge in [0.15, 0.2) is 0 Å². The zero-order valence-corrected chi connectivity index (χ0v) is 12.3. The third-order valence-corrected chi connectivity index (χ3v) is 4.41. The predicted molar refractivity (Wildman–Crippen MR) is 81.2 cm³/mol. The second-order valence-corrected chi connectivity index (χ2v) is 6.10. The second kappa shape index (κ2) is 7.69. The molecule has 1 N–H and O–H groups in total. The first-order valence-electron chi connectivity index (χ1n) is 8.06. The molecule has 1 unspecified atom stereocenters. The standard InChI is InChI=1S/C18H28O/c1-2-8-15-11-7-12-17(13-15)18(19)14-16-9-5-3-4-6-10-16/h7,11-13,16,18-19H,2-6,8-10,14H2,1H3. The smallest absolute Gasteiger partial charge is 0.0792 e. The molecule has 1 fully saturated rings. The van der Waals surface area contributed by atoms with Crippen LogP contribution in [0.15, 0.2) is 24.3 Å². The molecule has 0 saturated heterocycles. The highest BCUT2D eigenvalue weighted by Gasteiger charge is 2.17. The molecule has 0 heterocycles. The number of hydrogen-bond acceptors (Lipinski definition) is 1. The summed E-state index contributed by atoms with van der Waals surface area (Å²) in [5.41, 5.74) is 2.48. The summed E-state index contributed by atoms with van der Waals surface area (Å²) in [6.45, 7) is 2.20. The monoisotopic (exact) mass is 260 g/mol. The lowest BCUT2D eigenvalue weighted by atomic mass is 9.90. The summed E-state index contributed by atoms with van der Waals surface area (Å²) in [5, 5.41) is 10.5. The maximum absolute atomic E-state index is 10.5. The van der Waals surface area contributed by atoms with Crippen molar-refractivity contribution >= 4 is 0 Å². The van der Waals surface area contributed by atoms with Gasteiger partial charge in [-0.15, -0.1) is 0 Å². The summed E-state index contributed by atoms with van der Waals surface area (Å²) in [7, 11) is 0. The van der Waals surface area contributed by atoms with E-state index in [1.807, 2.05) is 0 Å². The molecule has 106 valence electrons. The van der Waals surface area contributed by atoms with E-state index in [0.29, 0.717) is 0 Å². The molecule has 0 aliphatic heterocycles. The van der Waals surface area contributed by atoms with E-state index in [-0.39, 0.29) is 6.10 Å². The van der Waals surface area contributed by atoms with Gasteiger partial charge in [0.05, 0.1) is 6.10 Å². The van der Waals surface area contributed by atoms with Crippen molar-refractivity contribution in [3.05, 3.63) is 35.4 Å². The van der Waals surface area contributed by atoms with Crippen LogP contribution in [0.25, 0.3) is 0 Å². The lowest BCUT2D eigenvalue weighted by Gasteiger charge is -2.19. The fraction of sp³-hybridized carbons (Fsp3) is 0.667. The van der Waals surface area contributed by atoms with Crippen LogP contribution in [0.4, 0.5) is 0 Å². The molecule has 0 spiro atoms. The highest BCUT2D eigenvalue weighted by molar-refractivity contribution is 5.25. The largest absolute Gasteiger partial charge is 0.388 e. The van der Waals surface area contributed by atoms with E-state index in [1.54, 1.807) is 0 Å². The fourth-order valence-electron chi connectivity index (χ4n) is 3.30. The van der Waals surface area contributed by atoms with Crippen LogP contribution in [0.1, 0.15) is 75.5 Å². The number of aliphatic hydroxyl groups is 1. The zero-order valence-electron chi connectivity index (χ0n) is 12.3. The summed E-state index contributed by atoms with van der Waals surface area (Å²) >= 11 is 0. The number of aliphatic hydroxyl groups excluding tert-OH is 1. The van der Waals surface area contributed by atoms with Crippen molar-refractivity contribution in [3.8, 4) is 0 Å². The average molecular weight is 260 g/mol. The highest BCUT2D eigenvalue weighted by atomic mass is 16.3. The topological polar surface area (TPSA) is 20.2 Å². The molecule has 0 bridgehead atoms. The molecule has 2 rings (SSSR count). The lowest BCUT2D eigenvalue weighted by molar-refractivity contribution is 0.139. The molecule has 0 radical (unpaired) electrons. The van der Waals surface area contributed by atoms with Gasteiger partial charge in [0, 0.05) is 0 Å². The van der Waals surface area contributed by atoms with Gasteiger partial charge >= 0.3 is 0 Å². The molecule has 1 aliphatic carbocycles. The number of benzene rings is 1. The number of rotatable bonds is 5. The van der Waals surface area contributed by atoms with Crippen molar-refractivity contribution in [1.29, 1.82) is 0 Å². The first kappa shape index (κ1) is 14.6. The molecule has 19 heavy (non-hydrogen) atoms. The minimum absolute atomic E-state index is 0.264. The maximum atomic E-state index is 10.5. The maximum Gasteiger partial charge on any atom is 0.0792 e. The Balaban J connectivity index is 1.94. The Kier molecular flexibility index (Phi) is 5.91. The summed E-state index contributed by atoms with van der Waals surface area (Å²) in [6.07, 6.45) is 11.1. The second-order valence-electron chi connectivity index (χ2n) is 6.10. The Morgan fingerprint density at radius 3 is 2.58 bits per heavy atom. The number of aryl methyl sites for hydroxylation is 1. The molecule has 1 atom stereocenters. The molecule has 1 heteroatoms. The summed E-state index contributed by atoms with van der Waals surface area (Å²) in [4.78, 5) is 0. The van der Waals surface area contributed by atoms with E-state index in [2.05, 4.69) is 31.2 Å². The summed E-state index contributed by atoms with van der Waals surface area (Å²) < 4.78 is 0. The van der Waals surface area contributed by atoms with Gasteiger partial charge in [0.1, 0.15) is 0 Å². The van der Waals surface area contributed by atoms with Crippen LogP contribution in [0.2, 0.25) is 0 Å². The van der Waals surface area contributed by atoms with E-state index in [0.717, 1.165) is 24.3 Å². The molecule has 1 aliphatic rings. The van der Waals surface area contributed by atoms with Crippen molar-refractivity contribution in [3.63, 3.8) is 0 Å². The quantitative estimate of drug-likeness (QED) is 0.736. The first-order valence-corrected chi connectivity index (χ1v) is 8.06. The molecule has 1 saturated carbocycles. The molecule has 0 aromatic heterocycles. The van der Waals surface area contributed by atoms with Crippen molar-refractivity contribution in [2.24, 2.45) is 5.92 Å². The van der Waals surface area contributed by atoms with Gasteiger partial charge in [-0.1, -0.05) is 76.1 Å².